The van der Waals surface area contributed by atoms with Gasteiger partial charge in [0.25, 0.3) is 10.0 Å². The minimum absolute atomic E-state index is 0.00178. The van der Waals surface area contributed by atoms with E-state index in [4.69, 9.17) is 5.14 Å². The summed E-state index contributed by atoms with van der Waals surface area (Å²) >= 11 is 0. The largest absolute Gasteiger partial charge is 0.337 e. The molecule has 0 saturated carbocycles. The van der Waals surface area contributed by atoms with E-state index in [1.54, 1.807) is 42.5 Å². The van der Waals surface area contributed by atoms with Crippen molar-refractivity contribution in [2.24, 2.45) is 5.14 Å². The number of nitrogens with two attached hydrogens (primary N) is 1. The lowest BCUT2D eigenvalue weighted by Gasteiger charge is -2.14. The molecule has 4 rings (SSSR count). The SMILES string of the molecule is NS(=O)(=O)c1ccc(Nc2nc3ccccc3nc2NS(=O)(=O)c2ccccc2)cc1. The first-order valence-corrected chi connectivity index (χ1v) is 12.0. The summed E-state index contributed by atoms with van der Waals surface area (Å²) in [5.74, 6) is 0.152. The van der Waals surface area contributed by atoms with Crippen LogP contribution in [0.15, 0.2) is 88.7 Å². The van der Waals surface area contributed by atoms with Crippen molar-refractivity contribution >= 4 is 48.4 Å². The molecule has 4 N–H and O–H groups in total. The van der Waals surface area contributed by atoms with Crippen molar-refractivity contribution < 1.29 is 16.8 Å². The minimum atomic E-state index is -3.91. The van der Waals surface area contributed by atoms with Gasteiger partial charge in [0, 0.05) is 5.69 Å². The Bertz CT molecular complexity index is 1460. The van der Waals surface area contributed by atoms with Gasteiger partial charge in [-0.25, -0.2) is 31.9 Å². The number of sulfonamides is 2. The van der Waals surface area contributed by atoms with E-state index in [0.717, 1.165) is 0 Å². The van der Waals surface area contributed by atoms with Crippen LogP contribution in [0.3, 0.4) is 0 Å². The fourth-order valence-electron chi connectivity index (χ4n) is 2.81. The topological polar surface area (TPSA) is 144 Å². The Morgan fingerprint density at radius 1 is 0.645 bits per heavy atom. The van der Waals surface area contributed by atoms with Gasteiger partial charge in [0.1, 0.15) is 0 Å². The summed E-state index contributed by atoms with van der Waals surface area (Å²) in [6.07, 6.45) is 0. The molecule has 0 bridgehead atoms. The van der Waals surface area contributed by atoms with Crippen LogP contribution >= 0.6 is 0 Å². The number of primary sulfonamides is 1. The van der Waals surface area contributed by atoms with Crippen LogP contribution in [0.4, 0.5) is 17.3 Å². The van der Waals surface area contributed by atoms with Crippen molar-refractivity contribution in [1.29, 1.82) is 0 Å². The Labute approximate surface area is 179 Å². The number of para-hydroxylation sites is 2. The maximum atomic E-state index is 12.8. The summed E-state index contributed by atoms with van der Waals surface area (Å²) in [5, 5.41) is 8.10. The molecule has 158 valence electrons. The molecule has 31 heavy (non-hydrogen) atoms. The summed E-state index contributed by atoms with van der Waals surface area (Å²) in [6.45, 7) is 0. The maximum absolute atomic E-state index is 12.8. The number of anilines is 3. The van der Waals surface area contributed by atoms with Crippen LogP contribution in [-0.4, -0.2) is 26.8 Å². The molecule has 0 aliphatic heterocycles. The molecule has 1 heterocycles. The molecule has 0 unspecified atom stereocenters. The molecular formula is C20H17N5O4S2. The van der Waals surface area contributed by atoms with Crippen LogP contribution in [0.2, 0.25) is 0 Å². The van der Waals surface area contributed by atoms with Crippen LogP contribution in [0.1, 0.15) is 0 Å². The third-order valence-electron chi connectivity index (χ3n) is 4.30. The number of rotatable bonds is 6. The van der Waals surface area contributed by atoms with Gasteiger partial charge in [0.2, 0.25) is 10.0 Å². The van der Waals surface area contributed by atoms with Gasteiger partial charge in [-0.1, -0.05) is 30.3 Å². The van der Waals surface area contributed by atoms with E-state index in [2.05, 4.69) is 20.0 Å². The van der Waals surface area contributed by atoms with Gasteiger partial charge in [-0.05, 0) is 48.5 Å². The number of hydrogen-bond donors (Lipinski definition) is 3. The first kappa shape index (κ1) is 20.7. The van der Waals surface area contributed by atoms with Crippen LogP contribution in [0.5, 0.6) is 0 Å². The third-order valence-corrected chi connectivity index (χ3v) is 6.58. The summed E-state index contributed by atoms with van der Waals surface area (Å²) in [6, 6.07) is 20.6. The van der Waals surface area contributed by atoms with Gasteiger partial charge in [0.15, 0.2) is 11.6 Å². The third kappa shape index (κ3) is 4.63. The average Bonchev–Trinajstić information content (AvgIpc) is 2.74. The Hall–Kier alpha value is -3.54. The summed E-state index contributed by atoms with van der Waals surface area (Å²) in [4.78, 5) is 8.91. The zero-order chi connectivity index (χ0) is 22.1. The van der Waals surface area contributed by atoms with Crippen LogP contribution in [-0.2, 0) is 20.0 Å². The normalized spacial score (nSPS) is 11.9. The zero-order valence-corrected chi connectivity index (χ0v) is 17.6. The number of hydrogen-bond acceptors (Lipinski definition) is 7. The first-order chi connectivity index (χ1) is 14.7. The molecule has 11 heteroatoms. The lowest BCUT2D eigenvalue weighted by Crippen LogP contribution is -2.16. The molecule has 0 saturated heterocycles. The van der Waals surface area contributed by atoms with Gasteiger partial charge in [-0.15, -0.1) is 0 Å². The Kier molecular flexibility index (Phi) is 5.31. The van der Waals surface area contributed by atoms with Gasteiger partial charge in [0.05, 0.1) is 20.8 Å². The molecule has 0 aliphatic carbocycles. The van der Waals surface area contributed by atoms with Gasteiger partial charge in [-0.2, -0.15) is 0 Å². The fraction of sp³-hybridized carbons (Fsp3) is 0. The lowest BCUT2D eigenvalue weighted by atomic mass is 10.3. The number of nitrogens with zero attached hydrogens (tertiary/aromatic N) is 2. The first-order valence-electron chi connectivity index (χ1n) is 8.97. The van der Waals surface area contributed by atoms with Crippen molar-refractivity contribution in [1.82, 2.24) is 9.97 Å². The van der Waals surface area contributed by atoms with Crippen molar-refractivity contribution in [3.8, 4) is 0 Å². The van der Waals surface area contributed by atoms with Crippen molar-refractivity contribution in [3.63, 3.8) is 0 Å². The van der Waals surface area contributed by atoms with E-state index in [1.807, 2.05) is 0 Å². The Morgan fingerprint density at radius 3 is 1.77 bits per heavy atom. The summed E-state index contributed by atoms with van der Waals surface area (Å²) in [5.41, 5.74) is 1.52. The predicted octanol–water partition coefficient (Wildman–Crippen LogP) is 2.82. The smallest absolute Gasteiger partial charge is 0.263 e. The van der Waals surface area contributed by atoms with E-state index in [0.29, 0.717) is 16.7 Å². The lowest BCUT2D eigenvalue weighted by molar-refractivity contribution is 0.597. The molecule has 9 nitrogen and oxygen atoms in total. The molecule has 4 aromatic rings. The second-order valence-corrected chi connectivity index (χ2v) is 9.77. The van der Waals surface area contributed by atoms with Crippen LogP contribution in [0, 0.1) is 0 Å². The van der Waals surface area contributed by atoms with Crippen LogP contribution in [0.25, 0.3) is 11.0 Å². The fourth-order valence-corrected chi connectivity index (χ4v) is 4.35. The van der Waals surface area contributed by atoms with E-state index in [-0.39, 0.29) is 21.4 Å². The van der Waals surface area contributed by atoms with E-state index < -0.39 is 20.0 Å². The molecular weight excluding hydrogens is 438 g/mol. The molecule has 0 atom stereocenters. The molecule has 0 aliphatic rings. The molecule has 1 aromatic heterocycles. The Morgan fingerprint density at radius 2 is 1.19 bits per heavy atom. The highest BCUT2D eigenvalue weighted by molar-refractivity contribution is 7.92. The predicted molar refractivity (Wildman–Crippen MR) is 118 cm³/mol. The molecule has 0 fully saturated rings. The molecule has 0 spiro atoms. The second-order valence-electron chi connectivity index (χ2n) is 6.52. The van der Waals surface area contributed by atoms with Crippen LogP contribution < -0.4 is 15.2 Å². The number of fused-ring (bicyclic) bond motifs is 1. The Balaban J connectivity index is 1.75. The highest BCUT2D eigenvalue weighted by Crippen LogP contribution is 2.27. The van der Waals surface area contributed by atoms with Crippen molar-refractivity contribution in [2.75, 3.05) is 10.0 Å². The average molecular weight is 456 g/mol. The quantitative estimate of drug-likeness (QED) is 0.405. The van der Waals surface area contributed by atoms with Crippen molar-refractivity contribution in [2.45, 2.75) is 9.79 Å². The van der Waals surface area contributed by atoms with Gasteiger partial charge < -0.3 is 5.32 Å². The van der Waals surface area contributed by atoms with E-state index in [9.17, 15) is 16.8 Å². The molecule has 3 aromatic carbocycles. The van der Waals surface area contributed by atoms with E-state index >= 15 is 0 Å². The van der Waals surface area contributed by atoms with Gasteiger partial charge >= 0.3 is 0 Å². The standard InChI is InChI=1S/C20H17N5O4S2/c21-30(26,27)15-12-10-14(11-13-15)22-19-20(24-18-9-5-4-8-17(18)23-19)25-31(28,29)16-6-2-1-3-7-16/h1-13H,(H,22,23)(H,24,25)(H2,21,26,27). The number of benzene rings is 3. The second kappa shape index (κ2) is 7.95. The minimum Gasteiger partial charge on any atom is -0.337 e. The number of aromatic nitrogens is 2. The molecule has 0 amide bonds. The summed E-state index contributed by atoms with van der Waals surface area (Å²) in [7, 11) is -7.74. The monoisotopic (exact) mass is 455 g/mol. The highest BCUT2D eigenvalue weighted by atomic mass is 32.2. The highest BCUT2D eigenvalue weighted by Gasteiger charge is 2.19. The maximum Gasteiger partial charge on any atom is 0.263 e. The number of nitrogens with one attached hydrogen (secondary N) is 2. The molecule has 0 radical (unpaired) electrons. The van der Waals surface area contributed by atoms with Crippen molar-refractivity contribution in [3.05, 3.63) is 78.9 Å². The zero-order valence-electron chi connectivity index (χ0n) is 15.9. The van der Waals surface area contributed by atoms with E-state index in [1.165, 1.54) is 36.4 Å². The summed E-state index contributed by atoms with van der Waals surface area (Å²) < 4.78 is 51.0. The van der Waals surface area contributed by atoms with Gasteiger partial charge in [-0.3, -0.25) is 4.72 Å².